The number of carbonyl (C=O) groups is 2. The Bertz CT molecular complexity index is 1230. The molecule has 0 aliphatic heterocycles. The first-order chi connectivity index (χ1) is 19.9. The largest absolute Gasteiger partial charge is 0.378 e. The summed E-state index contributed by atoms with van der Waals surface area (Å²) in [6.07, 6.45) is 6.24. The summed E-state index contributed by atoms with van der Waals surface area (Å²) in [6.45, 7) is 7.57. The molecule has 0 spiro atoms. The van der Waals surface area contributed by atoms with Crippen LogP contribution in [0, 0.1) is 0 Å². The number of aromatic amines is 1. The van der Waals surface area contributed by atoms with E-state index in [0.717, 1.165) is 74.2 Å². The number of H-pyrrole nitrogens is 1. The lowest BCUT2D eigenvalue weighted by Gasteiger charge is -2.34. The van der Waals surface area contributed by atoms with Gasteiger partial charge < -0.3 is 25.0 Å². The van der Waals surface area contributed by atoms with E-state index < -0.39 is 6.04 Å². The second-order valence-electron chi connectivity index (χ2n) is 11.3. The molecule has 2 amide bonds. The van der Waals surface area contributed by atoms with Crippen molar-refractivity contribution in [3.8, 4) is 11.3 Å². The molecule has 1 aliphatic rings. The number of hydrogen-bond donors (Lipinski definition) is 2. The van der Waals surface area contributed by atoms with E-state index in [4.69, 9.17) is 0 Å². The third-order valence-electron chi connectivity index (χ3n) is 8.27. The minimum atomic E-state index is -0.721. The molecule has 1 unspecified atom stereocenters. The monoisotopic (exact) mass is 557 g/mol. The first-order valence-electron chi connectivity index (χ1n) is 15.3. The lowest BCUT2D eigenvalue weighted by atomic mass is 9.94. The number of benzene rings is 2. The zero-order chi connectivity index (χ0) is 29.2. The molecule has 220 valence electrons. The molecule has 41 heavy (non-hydrogen) atoms. The lowest BCUT2D eigenvalue weighted by molar-refractivity contribution is -0.127. The number of hydrogen-bond acceptors (Lipinski definition) is 4. The van der Waals surface area contributed by atoms with Crippen LogP contribution in [-0.2, 0) is 4.79 Å². The quantitative estimate of drug-likeness (QED) is 0.266. The SMILES string of the molecule is CCN(CC)CCCN(C(=O)c1ccc(-c2ccccc2)[nH]1)C(C(=O)NC1CCCCC1)c1ccc(N(C)C)cc1. The first-order valence-corrected chi connectivity index (χ1v) is 15.3. The molecular formula is C34H47N5O2. The molecule has 1 aromatic heterocycles. The maximum absolute atomic E-state index is 14.3. The van der Waals surface area contributed by atoms with E-state index in [2.05, 4.69) is 29.0 Å². The molecule has 0 saturated heterocycles. The number of aromatic nitrogens is 1. The molecular weight excluding hydrogens is 510 g/mol. The van der Waals surface area contributed by atoms with E-state index >= 15 is 0 Å². The van der Waals surface area contributed by atoms with Gasteiger partial charge in [0.1, 0.15) is 11.7 Å². The van der Waals surface area contributed by atoms with Gasteiger partial charge in [-0.15, -0.1) is 0 Å². The van der Waals surface area contributed by atoms with Gasteiger partial charge >= 0.3 is 0 Å². The highest BCUT2D eigenvalue weighted by Gasteiger charge is 2.34. The van der Waals surface area contributed by atoms with Gasteiger partial charge in [0.2, 0.25) is 5.91 Å². The van der Waals surface area contributed by atoms with E-state index in [1.165, 1.54) is 6.42 Å². The van der Waals surface area contributed by atoms with E-state index in [9.17, 15) is 9.59 Å². The zero-order valence-corrected chi connectivity index (χ0v) is 25.2. The Kier molecular flexibility index (Phi) is 11.0. The standard InChI is InChI=1S/C34H47N5O2/c1-5-38(6-2)24-13-25-39(34(41)31-23-22-30(36-31)26-14-9-7-10-15-26)32(27-18-20-29(21-19-27)37(3)4)33(40)35-28-16-11-8-12-17-28/h7,9-10,14-15,18-23,28,32,36H,5-6,8,11-13,16-17,24-25H2,1-4H3,(H,35,40). The van der Waals surface area contributed by atoms with Crippen LogP contribution < -0.4 is 10.2 Å². The van der Waals surface area contributed by atoms with Gasteiger partial charge in [0.05, 0.1) is 0 Å². The van der Waals surface area contributed by atoms with Gasteiger partial charge in [-0.05, 0) is 74.3 Å². The predicted molar refractivity (Wildman–Crippen MR) is 168 cm³/mol. The Morgan fingerprint density at radius 2 is 1.56 bits per heavy atom. The molecule has 7 heteroatoms. The van der Waals surface area contributed by atoms with Crippen LogP contribution in [0.15, 0.2) is 66.7 Å². The first kappa shape index (κ1) is 30.4. The highest BCUT2D eigenvalue weighted by molar-refractivity contribution is 5.97. The summed E-state index contributed by atoms with van der Waals surface area (Å²) in [5.41, 5.74) is 4.28. The predicted octanol–water partition coefficient (Wildman–Crippen LogP) is 6.11. The topological polar surface area (TPSA) is 71.7 Å². The smallest absolute Gasteiger partial charge is 0.271 e. The molecule has 2 N–H and O–H groups in total. The normalized spacial score (nSPS) is 14.6. The van der Waals surface area contributed by atoms with Crippen LogP contribution in [0.1, 0.15) is 74.5 Å². The van der Waals surface area contributed by atoms with Crippen molar-refractivity contribution in [3.63, 3.8) is 0 Å². The molecule has 7 nitrogen and oxygen atoms in total. The third kappa shape index (κ3) is 8.00. The molecule has 4 rings (SSSR count). The Balaban J connectivity index is 1.68. The molecule has 1 saturated carbocycles. The number of amides is 2. The molecule has 1 aliphatic carbocycles. The summed E-state index contributed by atoms with van der Waals surface area (Å²) in [4.78, 5) is 37.9. The van der Waals surface area contributed by atoms with Gasteiger partial charge in [-0.25, -0.2) is 0 Å². The summed E-state index contributed by atoms with van der Waals surface area (Å²) in [5.74, 6) is -0.257. The fraction of sp³-hybridized carbons (Fsp3) is 0.471. The van der Waals surface area contributed by atoms with Crippen molar-refractivity contribution in [2.75, 3.05) is 45.2 Å². The van der Waals surface area contributed by atoms with E-state index in [1.807, 2.05) is 85.7 Å². The maximum atomic E-state index is 14.3. The molecule has 1 heterocycles. The van der Waals surface area contributed by atoms with Crippen molar-refractivity contribution in [2.45, 2.75) is 64.5 Å². The average molecular weight is 558 g/mol. The Labute approximate surface area is 245 Å². The number of rotatable bonds is 13. The van der Waals surface area contributed by atoms with Crippen LogP contribution in [0.4, 0.5) is 5.69 Å². The van der Waals surface area contributed by atoms with E-state index in [1.54, 1.807) is 4.90 Å². The van der Waals surface area contributed by atoms with Gasteiger partial charge in [-0.3, -0.25) is 9.59 Å². The summed E-state index contributed by atoms with van der Waals surface area (Å²) in [5, 5.41) is 3.33. The van der Waals surface area contributed by atoms with Crippen LogP contribution in [-0.4, -0.2) is 72.9 Å². The van der Waals surface area contributed by atoms with Crippen LogP contribution in [0.2, 0.25) is 0 Å². The minimum absolute atomic E-state index is 0.0967. The van der Waals surface area contributed by atoms with Crippen molar-refractivity contribution in [3.05, 3.63) is 78.0 Å². The second-order valence-corrected chi connectivity index (χ2v) is 11.3. The highest BCUT2D eigenvalue weighted by Crippen LogP contribution is 2.28. The molecule has 1 fully saturated rings. The molecule has 1 atom stereocenters. The summed E-state index contributed by atoms with van der Waals surface area (Å²) in [7, 11) is 4.00. The van der Waals surface area contributed by atoms with Gasteiger partial charge in [0, 0.05) is 38.1 Å². The number of nitrogens with zero attached hydrogens (tertiary/aromatic N) is 3. The molecule has 2 aromatic carbocycles. The van der Waals surface area contributed by atoms with Gasteiger partial charge in [-0.2, -0.15) is 0 Å². The number of carbonyl (C=O) groups excluding carboxylic acids is 2. The second kappa shape index (κ2) is 14.9. The minimum Gasteiger partial charge on any atom is -0.378 e. The average Bonchev–Trinajstić information content (AvgIpc) is 3.50. The molecule has 3 aromatic rings. The van der Waals surface area contributed by atoms with Crippen molar-refractivity contribution < 1.29 is 9.59 Å². The van der Waals surface area contributed by atoms with E-state index in [0.29, 0.717) is 12.2 Å². The van der Waals surface area contributed by atoms with Crippen molar-refractivity contribution in [1.82, 2.24) is 20.1 Å². The van der Waals surface area contributed by atoms with Crippen molar-refractivity contribution in [2.24, 2.45) is 0 Å². The van der Waals surface area contributed by atoms with Crippen molar-refractivity contribution in [1.29, 1.82) is 0 Å². The molecule has 0 radical (unpaired) electrons. The lowest BCUT2D eigenvalue weighted by Crippen LogP contribution is -2.47. The number of anilines is 1. The molecule has 0 bridgehead atoms. The maximum Gasteiger partial charge on any atom is 0.271 e. The summed E-state index contributed by atoms with van der Waals surface area (Å²) >= 11 is 0. The highest BCUT2D eigenvalue weighted by atomic mass is 16.2. The van der Waals surface area contributed by atoms with Crippen LogP contribution in [0.5, 0.6) is 0 Å². The Morgan fingerprint density at radius 1 is 0.878 bits per heavy atom. The number of nitrogens with one attached hydrogen (secondary N) is 2. The zero-order valence-electron chi connectivity index (χ0n) is 25.2. The van der Waals surface area contributed by atoms with Crippen molar-refractivity contribution >= 4 is 17.5 Å². The van der Waals surface area contributed by atoms with Crippen LogP contribution in [0.3, 0.4) is 0 Å². The summed E-state index contributed by atoms with van der Waals surface area (Å²) < 4.78 is 0. The van der Waals surface area contributed by atoms with E-state index in [-0.39, 0.29) is 17.9 Å². The fourth-order valence-electron chi connectivity index (χ4n) is 5.77. The summed E-state index contributed by atoms with van der Waals surface area (Å²) in [6, 6.07) is 21.3. The third-order valence-corrected chi connectivity index (χ3v) is 8.27. The Hall–Kier alpha value is -3.58. The van der Waals surface area contributed by atoms with Crippen LogP contribution >= 0.6 is 0 Å². The Morgan fingerprint density at radius 3 is 2.20 bits per heavy atom. The van der Waals surface area contributed by atoms with Gasteiger partial charge in [-0.1, -0.05) is 75.6 Å². The van der Waals surface area contributed by atoms with Crippen LogP contribution in [0.25, 0.3) is 11.3 Å². The fourth-order valence-corrected chi connectivity index (χ4v) is 5.77. The van der Waals surface area contributed by atoms with Gasteiger partial charge in [0.25, 0.3) is 5.91 Å². The van der Waals surface area contributed by atoms with Gasteiger partial charge in [0.15, 0.2) is 0 Å².